The van der Waals surface area contributed by atoms with Crippen molar-refractivity contribution in [1.29, 1.82) is 0 Å². The molecule has 2 aliphatic rings. The molecule has 2 aliphatic heterocycles. The summed E-state index contributed by atoms with van der Waals surface area (Å²) in [5, 5.41) is 0. The minimum Gasteiger partial charge on any atom is -0.426 e. The van der Waals surface area contributed by atoms with Crippen LogP contribution in [0.2, 0.25) is 0 Å². The number of rotatable bonds is 4. The lowest BCUT2D eigenvalue weighted by Gasteiger charge is -2.13. The van der Waals surface area contributed by atoms with Crippen molar-refractivity contribution in [2.24, 2.45) is 0 Å². The highest BCUT2D eigenvalue weighted by Crippen LogP contribution is 2.25. The van der Waals surface area contributed by atoms with E-state index in [1.165, 1.54) is 12.1 Å². The summed E-state index contributed by atoms with van der Waals surface area (Å²) in [5.41, 5.74) is 2.43. The Balaban J connectivity index is 0.000000156. The van der Waals surface area contributed by atoms with Gasteiger partial charge in [0, 0.05) is 5.56 Å². The Hall–Kier alpha value is -6.02. The van der Waals surface area contributed by atoms with Gasteiger partial charge in [-0.05, 0) is 60.5 Å². The molecule has 0 atom stereocenters. The van der Waals surface area contributed by atoms with Gasteiger partial charge in [-0.2, -0.15) is 0 Å². The molecule has 7 rings (SSSR count). The highest BCUT2D eigenvalue weighted by Gasteiger charge is 2.20. The Labute approximate surface area is 259 Å². The highest BCUT2D eigenvalue weighted by molar-refractivity contribution is 6.04. The van der Waals surface area contributed by atoms with E-state index in [4.69, 9.17) is 18.9 Å². The quantitative estimate of drug-likeness (QED) is 0.164. The maximum absolute atomic E-state index is 12.4. The molecule has 2 heterocycles. The number of esters is 4. The standard InChI is InChI=1S/C20H14O4.C9H8O2.C8H6O2/c21-19(23-15-9-3-1-4-10-15)17-13-7-8-14-18(17)20(22)24-16-11-5-2-6-12-16;10-9-6-5-7-3-1-2-4-8(7)11-9;9-8-5-6-3-1-2-4-7(6)10-8/h1-14H;1-4H,5-6H2;1-4H,5H2. The molecule has 5 aromatic rings. The summed E-state index contributed by atoms with van der Waals surface area (Å²) in [5.74, 6) is 0.771. The largest absolute Gasteiger partial charge is 0.426 e. The number of para-hydroxylation sites is 4. The molecule has 5 aromatic carbocycles. The van der Waals surface area contributed by atoms with E-state index in [1.807, 2.05) is 54.6 Å². The van der Waals surface area contributed by atoms with Crippen molar-refractivity contribution >= 4 is 23.9 Å². The second kappa shape index (κ2) is 14.9. The number of hydrogen-bond acceptors (Lipinski definition) is 8. The van der Waals surface area contributed by atoms with Gasteiger partial charge in [-0.15, -0.1) is 0 Å². The predicted octanol–water partition coefficient (Wildman–Crippen LogP) is 6.81. The molecule has 0 amide bonds. The van der Waals surface area contributed by atoms with E-state index >= 15 is 0 Å². The van der Waals surface area contributed by atoms with Crippen LogP contribution >= 0.6 is 0 Å². The predicted molar refractivity (Wildman–Crippen MR) is 165 cm³/mol. The zero-order valence-corrected chi connectivity index (χ0v) is 24.1. The maximum Gasteiger partial charge on any atom is 0.344 e. The molecule has 0 bridgehead atoms. The molecule has 0 N–H and O–H groups in total. The van der Waals surface area contributed by atoms with E-state index in [9.17, 15) is 19.2 Å². The van der Waals surface area contributed by atoms with E-state index in [1.54, 1.807) is 66.7 Å². The van der Waals surface area contributed by atoms with E-state index in [0.717, 1.165) is 23.3 Å². The minimum absolute atomic E-state index is 0.122. The fraction of sp³-hybridized carbons (Fsp3) is 0.0811. The first-order valence-electron chi connectivity index (χ1n) is 14.2. The molecule has 0 radical (unpaired) electrons. The van der Waals surface area contributed by atoms with Crippen LogP contribution in [-0.4, -0.2) is 23.9 Å². The molecule has 45 heavy (non-hydrogen) atoms. The minimum atomic E-state index is -0.609. The normalized spacial score (nSPS) is 12.4. The molecule has 0 aliphatic carbocycles. The molecule has 0 saturated carbocycles. The Kier molecular flexibility index (Phi) is 10.1. The Bertz CT molecular complexity index is 1700. The number of aryl methyl sites for hydroxylation is 1. The smallest absolute Gasteiger partial charge is 0.344 e. The van der Waals surface area contributed by atoms with Gasteiger partial charge in [0.2, 0.25) is 0 Å². The lowest BCUT2D eigenvalue weighted by molar-refractivity contribution is -0.135. The summed E-state index contributed by atoms with van der Waals surface area (Å²) >= 11 is 0. The van der Waals surface area contributed by atoms with E-state index in [0.29, 0.717) is 30.1 Å². The lowest BCUT2D eigenvalue weighted by atomic mass is 10.1. The Morgan fingerprint density at radius 3 is 1.42 bits per heavy atom. The maximum atomic E-state index is 12.4. The molecule has 0 aromatic heterocycles. The molecular formula is C37H28O8. The Morgan fingerprint density at radius 2 is 0.889 bits per heavy atom. The third kappa shape index (κ3) is 8.52. The molecule has 8 heteroatoms. The first kappa shape index (κ1) is 30.4. The van der Waals surface area contributed by atoms with Crippen LogP contribution in [0.4, 0.5) is 0 Å². The van der Waals surface area contributed by atoms with Gasteiger partial charge < -0.3 is 18.9 Å². The van der Waals surface area contributed by atoms with Crippen LogP contribution in [0.25, 0.3) is 0 Å². The van der Waals surface area contributed by atoms with Crippen molar-refractivity contribution in [2.75, 3.05) is 0 Å². The van der Waals surface area contributed by atoms with Crippen molar-refractivity contribution in [1.82, 2.24) is 0 Å². The fourth-order valence-corrected chi connectivity index (χ4v) is 4.42. The fourth-order valence-electron chi connectivity index (χ4n) is 4.42. The van der Waals surface area contributed by atoms with Crippen LogP contribution in [0.15, 0.2) is 133 Å². The summed E-state index contributed by atoms with van der Waals surface area (Å²) in [6.45, 7) is 0. The van der Waals surface area contributed by atoms with Gasteiger partial charge in [0.1, 0.15) is 23.0 Å². The summed E-state index contributed by atoms with van der Waals surface area (Å²) < 4.78 is 20.5. The van der Waals surface area contributed by atoms with E-state index < -0.39 is 11.9 Å². The van der Waals surface area contributed by atoms with Gasteiger partial charge in [-0.1, -0.05) is 84.9 Å². The first-order chi connectivity index (χ1) is 22.0. The number of fused-ring (bicyclic) bond motifs is 2. The molecule has 0 unspecified atom stereocenters. The summed E-state index contributed by atoms with van der Waals surface area (Å²) in [7, 11) is 0. The van der Waals surface area contributed by atoms with Crippen molar-refractivity contribution in [2.45, 2.75) is 19.3 Å². The molecule has 0 saturated heterocycles. The second-order valence-corrected chi connectivity index (χ2v) is 9.79. The van der Waals surface area contributed by atoms with Crippen molar-refractivity contribution < 1.29 is 38.1 Å². The van der Waals surface area contributed by atoms with Crippen molar-refractivity contribution in [3.8, 4) is 23.0 Å². The van der Waals surface area contributed by atoms with Crippen molar-refractivity contribution in [3.05, 3.63) is 156 Å². The molecular weight excluding hydrogens is 572 g/mol. The first-order valence-corrected chi connectivity index (χ1v) is 14.2. The van der Waals surface area contributed by atoms with Crippen LogP contribution in [-0.2, 0) is 22.4 Å². The van der Waals surface area contributed by atoms with Crippen molar-refractivity contribution in [3.63, 3.8) is 0 Å². The third-order valence-corrected chi connectivity index (χ3v) is 6.60. The van der Waals surface area contributed by atoms with Crippen LogP contribution in [0.5, 0.6) is 23.0 Å². The van der Waals surface area contributed by atoms with Crippen LogP contribution < -0.4 is 18.9 Å². The number of hydrogen-bond donors (Lipinski definition) is 0. The zero-order chi connectivity index (χ0) is 31.4. The monoisotopic (exact) mass is 600 g/mol. The van der Waals surface area contributed by atoms with Gasteiger partial charge in [-0.3, -0.25) is 9.59 Å². The second-order valence-electron chi connectivity index (χ2n) is 9.79. The Morgan fingerprint density at radius 1 is 0.467 bits per heavy atom. The summed E-state index contributed by atoms with van der Waals surface area (Å²) in [6, 6.07) is 38.9. The molecule has 224 valence electrons. The van der Waals surface area contributed by atoms with Gasteiger partial charge in [0.25, 0.3) is 0 Å². The topological polar surface area (TPSA) is 105 Å². The molecule has 8 nitrogen and oxygen atoms in total. The average molecular weight is 601 g/mol. The molecule has 0 fully saturated rings. The molecule has 0 spiro atoms. The highest BCUT2D eigenvalue weighted by atomic mass is 16.5. The van der Waals surface area contributed by atoms with Gasteiger partial charge in [0.15, 0.2) is 0 Å². The van der Waals surface area contributed by atoms with Crippen LogP contribution in [0.1, 0.15) is 38.3 Å². The zero-order valence-electron chi connectivity index (χ0n) is 24.1. The van der Waals surface area contributed by atoms with Gasteiger partial charge in [-0.25, -0.2) is 9.59 Å². The lowest BCUT2D eigenvalue weighted by Crippen LogP contribution is -2.17. The van der Waals surface area contributed by atoms with Crippen LogP contribution in [0, 0.1) is 0 Å². The number of ether oxygens (including phenoxy) is 4. The summed E-state index contributed by atoms with van der Waals surface area (Å²) in [6.07, 6.45) is 1.75. The van der Waals surface area contributed by atoms with E-state index in [2.05, 4.69) is 0 Å². The van der Waals surface area contributed by atoms with Gasteiger partial charge in [0.05, 0.1) is 24.0 Å². The van der Waals surface area contributed by atoms with E-state index in [-0.39, 0.29) is 23.1 Å². The number of carbonyl (C=O) groups is 4. The average Bonchev–Trinajstić information content (AvgIpc) is 3.46. The summed E-state index contributed by atoms with van der Waals surface area (Å²) in [4.78, 5) is 46.2. The van der Waals surface area contributed by atoms with Crippen LogP contribution in [0.3, 0.4) is 0 Å². The van der Waals surface area contributed by atoms with Gasteiger partial charge >= 0.3 is 23.9 Å². The SMILES string of the molecule is O=C(Oc1ccccc1)c1ccccc1C(=O)Oc1ccccc1.O=C1CCc2ccccc2O1.O=C1Cc2ccccc2O1. The number of carbonyl (C=O) groups excluding carboxylic acids is 4. The number of benzene rings is 5. The third-order valence-electron chi connectivity index (χ3n) is 6.60.